The third kappa shape index (κ3) is 11.4. The minimum absolute atomic E-state index is 0.0651. The molecule has 8 nitrogen and oxygen atoms in total. The van der Waals surface area contributed by atoms with Crippen LogP contribution >= 0.6 is 0 Å². The first-order chi connectivity index (χ1) is 14.0. The van der Waals surface area contributed by atoms with Crippen molar-refractivity contribution in [3.63, 3.8) is 0 Å². The smallest absolute Gasteiger partial charge is 0.407 e. The van der Waals surface area contributed by atoms with Gasteiger partial charge in [0.05, 0.1) is 18.4 Å². The van der Waals surface area contributed by atoms with E-state index in [1.165, 1.54) is 0 Å². The summed E-state index contributed by atoms with van der Waals surface area (Å²) in [5, 5.41) is 17.0. The van der Waals surface area contributed by atoms with E-state index in [-0.39, 0.29) is 31.5 Å². The van der Waals surface area contributed by atoms with E-state index < -0.39 is 29.7 Å². The van der Waals surface area contributed by atoms with Crippen molar-refractivity contribution in [2.75, 3.05) is 6.54 Å². The molecule has 0 radical (unpaired) electrons. The minimum Gasteiger partial charge on any atom is -0.548 e. The molecule has 8 heteroatoms. The Labute approximate surface area is 178 Å². The van der Waals surface area contributed by atoms with Gasteiger partial charge < -0.3 is 30.0 Å². The highest BCUT2D eigenvalue weighted by molar-refractivity contribution is 5.80. The third-order valence-corrected chi connectivity index (χ3v) is 3.99. The van der Waals surface area contributed by atoms with Gasteiger partial charge in [-0.1, -0.05) is 44.2 Å². The van der Waals surface area contributed by atoms with Crippen molar-refractivity contribution >= 4 is 18.0 Å². The number of alkyl carbamates (subject to hydrolysis) is 1. The van der Waals surface area contributed by atoms with Crippen LogP contribution < -0.4 is 15.7 Å². The number of hydrogen-bond donors (Lipinski definition) is 2. The highest BCUT2D eigenvalue weighted by Crippen LogP contribution is 2.10. The summed E-state index contributed by atoms with van der Waals surface area (Å²) in [6.07, 6.45) is -0.359. The Morgan fingerprint density at radius 1 is 1.10 bits per heavy atom. The van der Waals surface area contributed by atoms with Crippen LogP contribution in [0.15, 0.2) is 30.3 Å². The number of esters is 1. The lowest BCUT2D eigenvalue weighted by atomic mass is 10.0. The number of hydrogen-bond acceptors (Lipinski definition) is 7. The molecule has 2 atom stereocenters. The van der Waals surface area contributed by atoms with Crippen molar-refractivity contribution in [2.45, 2.75) is 71.8 Å². The number of ether oxygens (including phenoxy) is 2. The fraction of sp³-hybridized carbons (Fsp3) is 0.591. The van der Waals surface area contributed by atoms with Gasteiger partial charge in [0.2, 0.25) is 0 Å². The number of carboxylic acid groups (broad SMARTS) is 1. The second-order valence-corrected chi connectivity index (χ2v) is 8.60. The molecule has 1 amide bonds. The lowest BCUT2D eigenvalue weighted by molar-refractivity contribution is -0.308. The topological polar surface area (TPSA) is 117 Å². The van der Waals surface area contributed by atoms with E-state index in [1.807, 2.05) is 32.0 Å². The number of amides is 1. The molecule has 0 heterocycles. The van der Waals surface area contributed by atoms with Crippen LogP contribution in [0.3, 0.4) is 0 Å². The molecule has 0 fully saturated rings. The standard InChI is InChI=1S/C22H34N2O6/c1-15(2)11-17(24-21(28)30-22(3,4)5)13-23-18(20(26)27)12-19(25)29-14-16-9-7-6-8-10-16/h6-10,15,17-18,23H,11-14H2,1-5H3,(H,24,28)(H,26,27)/p-1/t17-,18-/m0/s1. The van der Waals surface area contributed by atoms with Crippen LogP contribution in [-0.2, 0) is 25.7 Å². The molecule has 0 saturated heterocycles. The van der Waals surface area contributed by atoms with Gasteiger partial charge in [-0.3, -0.25) is 4.79 Å². The van der Waals surface area contributed by atoms with E-state index in [1.54, 1.807) is 32.9 Å². The highest BCUT2D eigenvalue weighted by atomic mass is 16.6. The molecule has 1 rings (SSSR count). The van der Waals surface area contributed by atoms with Crippen molar-refractivity contribution in [3.05, 3.63) is 35.9 Å². The van der Waals surface area contributed by atoms with E-state index in [0.29, 0.717) is 6.42 Å². The molecule has 0 spiro atoms. The molecule has 0 aliphatic rings. The Kier molecular flexibility index (Phi) is 10.3. The zero-order valence-electron chi connectivity index (χ0n) is 18.4. The lowest BCUT2D eigenvalue weighted by Gasteiger charge is -2.27. The van der Waals surface area contributed by atoms with Crippen molar-refractivity contribution in [1.29, 1.82) is 0 Å². The summed E-state index contributed by atoms with van der Waals surface area (Å²) in [6, 6.07) is 7.50. The molecule has 1 aromatic carbocycles. The minimum atomic E-state index is -1.41. The second-order valence-electron chi connectivity index (χ2n) is 8.60. The normalized spacial score (nSPS) is 13.4. The monoisotopic (exact) mass is 421 g/mol. The lowest BCUT2D eigenvalue weighted by Crippen LogP contribution is -2.52. The van der Waals surface area contributed by atoms with Crippen molar-refractivity contribution in [2.24, 2.45) is 5.92 Å². The molecule has 168 valence electrons. The van der Waals surface area contributed by atoms with Crippen molar-refractivity contribution in [1.82, 2.24) is 10.6 Å². The number of rotatable bonds is 11. The van der Waals surface area contributed by atoms with E-state index >= 15 is 0 Å². The van der Waals surface area contributed by atoms with Gasteiger partial charge in [-0.25, -0.2) is 4.79 Å². The Hall–Kier alpha value is -2.61. The first-order valence-electron chi connectivity index (χ1n) is 10.1. The van der Waals surface area contributed by atoms with Gasteiger partial charge >= 0.3 is 12.1 Å². The molecule has 30 heavy (non-hydrogen) atoms. The molecule has 0 aliphatic carbocycles. The quantitative estimate of drug-likeness (QED) is 0.523. The average molecular weight is 422 g/mol. The van der Waals surface area contributed by atoms with Crippen LogP contribution in [0.25, 0.3) is 0 Å². The molecule has 0 bridgehead atoms. The summed E-state index contributed by atoms with van der Waals surface area (Å²) in [5.41, 5.74) is 0.165. The second kappa shape index (κ2) is 12.2. The van der Waals surface area contributed by atoms with E-state index in [4.69, 9.17) is 9.47 Å². The Bertz CT molecular complexity index is 685. The number of aliphatic carboxylic acids is 1. The third-order valence-electron chi connectivity index (χ3n) is 3.99. The predicted octanol–water partition coefficient (Wildman–Crippen LogP) is 1.77. The maximum absolute atomic E-state index is 12.1. The van der Waals surface area contributed by atoms with Crippen LogP contribution in [0.2, 0.25) is 0 Å². The summed E-state index contributed by atoms with van der Waals surface area (Å²) >= 11 is 0. The maximum atomic E-state index is 12.1. The fourth-order valence-electron chi connectivity index (χ4n) is 2.72. The first kappa shape index (κ1) is 25.4. The van der Waals surface area contributed by atoms with E-state index in [9.17, 15) is 19.5 Å². The fourth-order valence-corrected chi connectivity index (χ4v) is 2.72. The number of carbonyl (C=O) groups excluding carboxylic acids is 3. The molecule has 0 aromatic heterocycles. The Balaban J connectivity index is 2.59. The molecule has 0 saturated carbocycles. The summed E-state index contributed by atoms with van der Waals surface area (Å²) in [7, 11) is 0. The first-order valence-corrected chi connectivity index (χ1v) is 10.1. The zero-order chi connectivity index (χ0) is 22.7. The predicted molar refractivity (Wildman–Crippen MR) is 110 cm³/mol. The highest BCUT2D eigenvalue weighted by Gasteiger charge is 2.22. The molecule has 0 aliphatic heterocycles. The Morgan fingerprint density at radius 2 is 1.73 bits per heavy atom. The summed E-state index contributed by atoms with van der Waals surface area (Å²) < 4.78 is 10.4. The molecule has 2 N–H and O–H groups in total. The van der Waals surface area contributed by atoms with Crippen LogP contribution in [0.1, 0.15) is 53.0 Å². The molecule has 0 unspecified atom stereocenters. The van der Waals surface area contributed by atoms with Gasteiger partial charge in [0.1, 0.15) is 12.2 Å². The number of nitrogens with one attached hydrogen (secondary N) is 2. The van der Waals surface area contributed by atoms with Crippen LogP contribution in [-0.4, -0.2) is 42.3 Å². The van der Waals surface area contributed by atoms with Gasteiger partial charge in [0.25, 0.3) is 0 Å². The Morgan fingerprint density at radius 3 is 2.27 bits per heavy atom. The summed E-state index contributed by atoms with van der Waals surface area (Å²) in [5.74, 6) is -1.81. The SMILES string of the molecule is CC(C)C[C@@H](CN[C@@H](CC(=O)OCc1ccccc1)C(=O)[O-])NC(=O)OC(C)(C)C. The van der Waals surface area contributed by atoms with Crippen LogP contribution in [0, 0.1) is 5.92 Å². The maximum Gasteiger partial charge on any atom is 0.407 e. The number of carboxylic acids is 1. The molecular weight excluding hydrogens is 388 g/mol. The molecular formula is C22H33N2O6-. The summed E-state index contributed by atoms with van der Waals surface area (Å²) in [4.78, 5) is 35.6. The summed E-state index contributed by atoms with van der Waals surface area (Å²) in [6.45, 7) is 9.46. The largest absolute Gasteiger partial charge is 0.548 e. The number of benzene rings is 1. The van der Waals surface area contributed by atoms with Gasteiger partial charge in [0.15, 0.2) is 0 Å². The van der Waals surface area contributed by atoms with Crippen molar-refractivity contribution in [3.8, 4) is 0 Å². The molecule has 1 aromatic rings. The average Bonchev–Trinajstić information content (AvgIpc) is 2.61. The van der Waals surface area contributed by atoms with Crippen LogP contribution in [0.4, 0.5) is 4.79 Å². The zero-order valence-corrected chi connectivity index (χ0v) is 18.4. The number of carbonyl (C=O) groups is 3. The van der Waals surface area contributed by atoms with Gasteiger partial charge in [0, 0.05) is 12.6 Å². The van der Waals surface area contributed by atoms with Gasteiger partial charge in [-0.2, -0.15) is 0 Å². The van der Waals surface area contributed by atoms with Crippen molar-refractivity contribution < 1.29 is 29.0 Å². The van der Waals surface area contributed by atoms with Gasteiger partial charge in [-0.15, -0.1) is 0 Å². The van der Waals surface area contributed by atoms with Gasteiger partial charge in [-0.05, 0) is 38.7 Å². The van der Waals surface area contributed by atoms with Crippen LogP contribution in [0.5, 0.6) is 0 Å². The van der Waals surface area contributed by atoms with E-state index in [2.05, 4.69) is 10.6 Å². The van der Waals surface area contributed by atoms with E-state index in [0.717, 1.165) is 5.56 Å².